The Bertz CT molecular complexity index is 1150. The maximum absolute atomic E-state index is 13.0. The first-order valence-electron chi connectivity index (χ1n) is 10.2. The first-order valence-corrected chi connectivity index (χ1v) is 11.4. The van der Waals surface area contributed by atoms with Crippen LogP contribution in [-0.2, 0) is 22.8 Å². The van der Waals surface area contributed by atoms with Crippen LogP contribution in [0.15, 0.2) is 42.6 Å². The Hall–Kier alpha value is -2.58. The number of nitrogens with one attached hydrogen (secondary N) is 1. The van der Waals surface area contributed by atoms with Crippen LogP contribution in [0.1, 0.15) is 47.9 Å². The van der Waals surface area contributed by atoms with Gasteiger partial charge in [0, 0.05) is 22.5 Å². The summed E-state index contributed by atoms with van der Waals surface area (Å²) in [6.45, 7) is 8.02. The number of amides is 1. The highest BCUT2D eigenvalue weighted by Crippen LogP contribution is 2.34. The average Bonchev–Trinajstić information content (AvgIpc) is 3.13. The number of carbonyl (C=O) groups excluding carboxylic acids is 1. The van der Waals surface area contributed by atoms with Gasteiger partial charge in [0.2, 0.25) is 0 Å². The van der Waals surface area contributed by atoms with E-state index in [1.54, 1.807) is 0 Å². The van der Waals surface area contributed by atoms with Crippen molar-refractivity contribution < 1.29 is 22.7 Å². The van der Waals surface area contributed by atoms with Crippen LogP contribution in [0.2, 0.25) is 5.02 Å². The van der Waals surface area contributed by atoms with Crippen molar-refractivity contribution in [1.82, 2.24) is 4.98 Å². The van der Waals surface area contributed by atoms with Crippen LogP contribution in [0.3, 0.4) is 0 Å². The minimum atomic E-state index is -4.45. The minimum Gasteiger partial charge on any atom is -0.483 e. The third-order valence-electron chi connectivity index (χ3n) is 4.84. The first-order chi connectivity index (χ1) is 15.3. The summed E-state index contributed by atoms with van der Waals surface area (Å²) in [5.74, 6) is 0.260. The van der Waals surface area contributed by atoms with Crippen LogP contribution in [0.25, 0.3) is 0 Å². The number of thiazole rings is 1. The summed E-state index contributed by atoms with van der Waals surface area (Å²) in [5.41, 5.74) is 1.54. The fourth-order valence-corrected chi connectivity index (χ4v) is 4.21. The monoisotopic (exact) mass is 496 g/mol. The second-order valence-electron chi connectivity index (χ2n) is 8.70. The Balaban J connectivity index is 1.63. The topological polar surface area (TPSA) is 51.2 Å². The molecule has 0 bridgehead atoms. The lowest BCUT2D eigenvalue weighted by Gasteiger charge is -2.23. The molecule has 0 atom stereocenters. The molecule has 1 amide bonds. The van der Waals surface area contributed by atoms with Gasteiger partial charge in [-0.25, -0.2) is 4.98 Å². The molecule has 0 aliphatic rings. The van der Waals surface area contributed by atoms with Crippen molar-refractivity contribution in [3.05, 3.63) is 74.7 Å². The summed E-state index contributed by atoms with van der Waals surface area (Å²) in [6, 6.07) is 9.03. The predicted molar refractivity (Wildman–Crippen MR) is 125 cm³/mol. The highest BCUT2D eigenvalue weighted by molar-refractivity contribution is 7.15. The standard InChI is InChI=1S/C24H24ClF3N2O2S/c1-14-5-8-20(18(9-14)23(2,3)4)32-13-21(31)30-22-29-12-17(33-22)11-15-10-16(24(26,27)28)6-7-19(15)25/h5-10,12H,11,13H2,1-4H3,(H,29,30,31). The molecule has 1 N–H and O–H groups in total. The molecule has 0 saturated carbocycles. The number of ether oxygens (including phenoxy) is 1. The van der Waals surface area contributed by atoms with E-state index in [-0.39, 0.29) is 29.4 Å². The lowest BCUT2D eigenvalue weighted by molar-refractivity contribution is -0.137. The van der Waals surface area contributed by atoms with Crippen molar-refractivity contribution in [1.29, 1.82) is 0 Å². The Morgan fingerprint density at radius 3 is 2.55 bits per heavy atom. The van der Waals surface area contributed by atoms with Gasteiger partial charge in [-0.3, -0.25) is 10.1 Å². The molecule has 4 nitrogen and oxygen atoms in total. The number of aryl methyl sites for hydroxylation is 1. The normalized spacial score (nSPS) is 12.0. The third kappa shape index (κ3) is 6.71. The molecule has 1 aromatic heterocycles. The van der Waals surface area contributed by atoms with Crippen molar-refractivity contribution in [2.45, 2.75) is 45.7 Å². The van der Waals surface area contributed by atoms with Crippen LogP contribution in [0.5, 0.6) is 5.75 Å². The van der Waals surface area contributed by atoms with E-state index in [0.717, 1.165) is 23.3 Å². The molecule has 0 aliphatic heterocycles. The number of hydrogen-bond acceptors (Lipinski definition) is 4. The SMILES string of the molecule is Cc1ccc(OCC(=O)Nc2ncc(Cc3cc(C(F)(F)F)ccc3Cl)s2)c(C(C)(C)C)c1. The number of benzene rings is 2. The Morgan fingerprint density at radius 1 is 1.15 bits per heavy atom. The van der Waals surface area contributed by atoms with Gasteiger partial charge in [-0.15, -0.1) is 11.3 Å². The first kappa shape index (κ1) is 25.1. The van der Waals surface area contributed by atoms with Crippen LogP contribution in [-0.4, -0.2) is 17.5 Å². The van der Waals surface area contributed by atoms with E-state index in [2.05, 4.69) is 31.1 Å². The van der Waals surface area contributed by atoms with Gasteiger partial charge in [-0.2, -0.15) is 13.2 Å². The fourth-order valence-electron chi connectivity index (χ4n) is 3.18. The predicted octanol–water partition coefficient (Wildman–Crippen LogP) is 7.03. The van der Waals surface area contributed by atoms with Gasteiger partial charge in [-0.1, -0.05) is 50.1 Å². The van der Waals surface area contributed by atoms with Crippen LogP contribution in [0.4, 0.5) is 18.3 Å². The van der Waals surface area contributed by atoms with Crippen LogP contribution < -0.4 is 10.1 Å². The zero-order valence-electron chi connectivity index (χ0n) is 18.6. The Morgan fingerprint density at radius 2 is 1.88 bits per heavy atom. The van der Waals surface area contributed by atoms with Gasteiger partial charge in [-0.05, 0) is 47.7 Å². The maximum atomic E-state index is 13.0. The van der Waals surface area contributed by atoms with E-state index in [1.165, 1.54) is 23.6 Å². The molecule has 3 aromatic rings. The molecule has 0 aliphatic carbocycles. The molecule has 0 radical (unpaired) electrons. The molecule has 0 spiro atoms. The zero-order valence-corrected chi connectivity index (χ0v) is 20.2. The van der Waals surface area contributed by atoms with Gasteiger partial charge in [0.05, 0.1) is 5.56 Å². The number of halogens is 4. The quantitative estimate of drug-likeness (QED) is 0.398. The van der Waals surface area contributed by atoms with E-state index < -0.39 is 11.7 Å². The van der Waals surface area contributed by atoms with Crippen LogP contribution >= 0.6 is 22.9 Å². The number of alkyl halides is 3. The van der Waals surface area contributed by atoms with Crippen molar-refractivity contribution in [2.24, 2.45) is 0 Å². The maximum Gasteiger partial charge on any atom is 0.416 e. The number of hydrogen-bond donors (Lipinski definition) is 1. The summed E-state index contributed by atoms with van der Waals surface area (Å²) in [5, 5.41) is 3.24. The van der Waals surface area contributed by atoms with Crippen LogP contribution in [0, 0.1) is 6.92 Å². The molecule has 176 valence electrons. The van der Waals surface area contributed by atoms with E-state index >= 15 is 0 Å². The number of carbonyl (C=O) groups is 1. The molecule has 0 unspecified atom stereocenters. The largest absolute Gasteiger partial charge is 0.483 e. The number of nitrogens with zero attached hydrogens (tertiary/aromatic N) is 1. The molecule has 3 rings (SSSR count). The van der Waals surface area contributed by atoms with Gasteiger partial charge in [0.15, 0.2) is 11.7 Å². The molecule has 1 heterocycles. The average molecular weight is 497 g/mol. The minimum absolute atomic E-state index is 0.146. The number of aromatic nitrogens is 1. The van der Waals surface area contributed by atoms with Gasteiger partial charge < -0.3 is 4.74 Å². The van der Waals surface area contributed by atoms with Crippen molar-refractivity contribution in [2.75, 3.05) is 11.9 Å². The van der Waals surface area contributed by atoms with Crippen molar-refractivity contribution >= 4 is 34.0 Å². The Kier molecular flexibility index (Phi) is 7.39. The molecular weight excluding hydrogens is 473 g/mol. The number of rotatable bonds is 6. The van der Waals surface area contributed by atoms with E-state index in [1.807, 2.05) is 25.1 Å². The van der Waals surface area contributed by atoms with E-state index in [4.69, 9.17) is 16.3 Å². The molecule has 0 saturated heterocycles. The summed E-state index contributed by atoms with van der Waals surface area (Å²) in [4.78, 5) is 17.2. The lowest BCUT2D eigenvalue weighted by atomic mass is 9.85. The molecule has 9 heteroatoms. The molecular formula is C24H24ClF3N2O2S. The summed E-state index contributed by atoms with van der Waals surface area (Å²) < 4.78 is 44.7. The Labute approximate surface area is 199 Å². The third-order valence-corrected chi connectivity index (χ3v) is 6.12. The highest BCUT2D eigenvalue weighted by atomic mass is 35.5. The summed E-state index contributed by atoms with van der Waals surface area (Å²) >= 11 is 7.24. The van der Waals surface area contributed by atoms with Gasteiger partial charge in [0.25, 0.3) is 5.91 Å². The molecule has 2 aromatic carbocycles. The second-order valence-corrected chi connectivity index (χ2v) is 10.2. The summed E-state index contributed by atoms with van der Waals surface area (Å²) in [6.07, 6.45) is -2.77. The smallest absolute Gasteiger partial charge is 0.416 e. The van der Waals surface area contributed by atoms with E-state index in [9.17, 15) is 18.0 Å². The highest BCUT2D eigenvalue weighted by Gasteiger charge is 2.31. The van der Waals surface area contributed by atoms with Gasteiger partial charge >= 0.3 is 6.18 Å². The molecule has 33 heavy (non-hydrogen) atoms. The van der Waals surface area contributed by atoms with E-state index in [0.29, 0.717) is 21.3 Å². The van der Waals surface area contributed by atoms with Crippen molar-refractivity contribution in [3.63, 3.8) is 0 Å². The van der Waals surface area contributed by atoms with Gasteiger partial charge in [0.1, 0.15) is 5.75 Å². The second kappa shape index (κ2) is 9.73. The van der Waals surface area contributed by atoms with Crippen molar-refractivity contribution in [3.8, 4) is 5.75 Å². The summed E-state index contributed by atoms with van der Waals surface area (Å²) in [7, 11) is 0. The number of anilines is 1. The lowest BCUT2D eigenvalue weighted by Crippen LogP contribution is -2.22. The molecule has 0 fully saturated rings. The fraction of sp³-hybridized carbons (Fsp3) is 0.333. The zero-order chi connectivity index (χ0) is 24.4.